The fourth-order valence-electron chi connectivity index (χ4n) is 1.65. The molecule has 5 N–H and O–H groups in total. The van der Waals surface area contributed by atoms with Crippen LogP contribution in [0.2, 0.25) is 0 Å². The molecule has 21 heavy (non-hydrogen) atoms. The van der Waals surface area contributed by atoms with Gasteiger partial charge in [0.2, 0.25) is 5.95 Å². The van der Waals surface area contributed by atoms with Crippen molar-refractivity contribution in [1.82, 2.24) is 10.2 Å². The number of hydrogen-bond donors (Lipinski definition) is 4. The molecule has 3 aromatic rings. The summed E-state index contributed by atoms with van der Waals surface area (Å²) in [5, 5.41) is 23.9. The summed E-state index contributed by atoms with van der Waals surface area (Å²) < 4.78 is 25.4. The second-order valence-electron chi connectivity index (χ2n) is 4.35. The lowest BCUT2D eigenvalue weighted by molar-refractivity contribution is 0.430. The summed E-state index contributed by atoms with van der Waals surface area (Å²) in [7, 11) is 0. The summed E-state index contributed by atoms with van der Waals surface area (Å²) >= 11 is 0. The topological polar surface area (TPSA) is 95.2 Å². The van der Waals surface area contributed by atoms with Gasteiger partial charge in [0.15, 0.2) is 11.6 Å². The van der Waals surface area contributed by atoms with E-state index < -0.39 is 11.8 Å². The first-order chi connectivity index (χ1) is 9.90. The Balaban J connectivity index is 0.000000155. The molecule has 0 atom stereocenters. The number of phenols is 2. The van der Waals surface area contributed by atoms with E-state index in [0.29, 0.717) is 22.2 Å². The van der Waals surface area contributed by atoms with Crippen molar-refractivity contribution in [3.8, 4) is 11.5 Å². The number of nitrogens with zero attached hydrogens (tertiary/aromatic N) is 1. The molecule has 3 rings (SSSR count). The number of H-pyrrole nitrogens is 1. The van der Waals surface area contributed by atoms with Crippen molar-refractivity contribution in [2.24, 2.45) is 0 Å². The summed E-state index contributed by atoms with van der Waals surface area (Å²) in [6, 6.07) is 7.03. The average molecular weight is 293 g/mol. The second kappa shape index (κ2) is 5.66. The van der Waals surface area contributed by atoms with E-state index >= 15 is 0 Å². The molecular weight excluding hydrogens is 280 g/mol. The highest BCUT2D eigenvalue weighted by atomic mass is 19.1. The number of phenolic OH excluding ortho intramolecular Hbond substituents is 2. The first kappa shape index (κ1) is 14.6. The van der Waals surface area contributed by atoms with Crippen LogP contribution in [-0.4, -0.2) is 20.4 Å². The van der Waals surface area contributed by atoms with Crippen molar-refractivity contribution in [1.29, 1.82) is 0 Å². The highest BCUT2D eigenvalue weighted by Crippen LogP contribution is 2.22. The molecule has 110 valence electrons. The maximum atomic E-state index is 12.7. The van der Waals surface area contributed by atoms with E-state index in [-0.39, 0.29) is 11.5 Å². The number of aromatic hydroxyl groups is 2. The lowest BCUT2D eigenvalue weighted by atomic mass is 10.2. The van der Waals surface area contributed by atoms with E-state index in [0.717, 1.165) is 0 Å². The number of nitrogens with two attached hydrogens (primary N) is 1. The monoisotopic (exact) mass is 293 g/mol. The largest absolute Gasteiger partial charge is 0.508 e. The molecule has 0 spiro atoms. The minimum Gasteiger partial charge on any atom is -0.508 e. The standard InChI is InChI=1S/C7H5FN2O.C7H8FNO/c8-7-5-3-4(11)1-2-6(5)9-10-7;1-4-5(9)2-3-6(10)7(4)8/h1-3,11H,(H,9,10);2-3,10H,9H2,1H3. The third kappa shape index (κ3) is 3.02. The molecule has 0 saturated heterocycles. The normalized spacial score (nSPS) is 10.2. The van der Waals surface area contributed by atoms with Gasteiger partial charge >= 0.3 is 0 Å². The molecule has 0 aliphatic heterocycles. The number of anilines is 1. The van der Waals surface area contributed by atoms with Crippen LogP contribution in [0.25, 0.3) is 10.9 Å². The van der Waals surface area contributed by atoms with Crippen molar-refractivity contribution < 1.29 is 19.0 Å². The minimum atomic E-state index is -0.639. The Bertz CT molecular complexity index is 760. The molecule has 0 fully saturated rings. The van der Waals surface area contributed by atoms with E-state index in [9.17, 15) is 8.78 Å². The van der Waals surface area contributed by atoms with E-state index in [1.807, 2.05) is 0 Å². The van der Waals surface area contributed by atoms with Crippen LogP contribution in [0.3, 0.4) is 0 Å². The fraction of sp³-hybridized carbons (Fsp3) is 0.0714. The number of fused-ring (bicyclic) bond motifs is 1. The molecule has 0 bridgehead atoms. The van der Waals surface area contributed by atoms with Crippen molar-refractivity contribution in [3.05, 3.63) is 47.7 Å². The Hall–Kier alpha value is -2.83. The number of nitrogens with one attached hydrogen (secondary N) is 1. The van der Waals surface area contributed by atoms with Crippen LogP contribution >= 0.6 is 0 Å². The first-order valence-corrected chi connectivity index (χ1v) is 5.96. The molecule has 1 heterocycles. The highest BCUT2D eigenvalue weighted by molar-refractivity contribution is 5.79. The van der Waals surface area contributed by atoms with Gasteiger partial charge in [0.1, 0.15) is 5.75 Å². The lowest BCUT2D eigenvalue weighted by Crippen LogP contribution is -1.92. The third-order valence-corrected chi connectivity index (χ3v) is 2.90. The molecule has 0 unspecified atom stereocenters. The van der Waals surface area contributed by atoms with Gasteiger partial charge in [-0.15, -0.1) is 0 Å². The average Bonchev–Trinajstić information content (AvgIpc) is 2.83. The maximum absolute atomic E-state index is 12.7. The number of rotatable bonds is 0. The zero-order valence-corrected chi connectivity index (χ0v) is 11.1. The molecule has 0 radical (unpaired) electrons. The van der Waals surface area contributed by atoms with E-state index in [2.05, 4.69) is 10.2 Å². The van der Waals surface area contributed by atoms with Gasteiger partial charge in [0, 0.05) is 11.3 Å². The zero-order valence-electron chi connectivity index (χ0n) is 11.1. The maximum Gasteiger partial charge on any atom is 0.216 e. The molecule has 5 nitrogen and oxygen atoms in total. The number of halogens is 2. The lowest BCUT2D eigenvalue weighted by Gasteiger charge is -2.01. The highest BCUT2D eigenvalue weighted by Gasteiger charge is 2.05. The van der Waals surface area contributed by atoms with Crippen molar-refractivity contribution in [2.45, 2.75) is 6.92 Å². The number of hydrogen-bond acceptors (Lipinski definition) is 4. The van der Waals surface area contributed by atoms with Crippen molar-refractivity contribution in [3.63, 3.8) is 0 Å². The molecule has 0 saturated carbocycles. The summed E-state index contributed by atoms with van der Waals surface area (Å²) in [4.78, 5) is 0. The van der Waals surface area contributed by atoms with Gasteiger partial charge < -0.3 is 15.9 Å². The van der Waals surface area contributed by atoms with Crippen molar-refractivity contribution >= 4 is 16.6 Å². The van der Waals surface area contributed by atoms with E-state index in [1.165, 1.54) is 31.2 Å². The summed E-state index contributed by atoms with van der Waals surface area (Å²) in [6.45, 7) is 1.52. The number of aromatic nitrogens is 2. The number of aromatic amines is 1. The summed E-state index contributed by atoms with van der Waals surface area (Å²) in [5.74, 6) is -1.47. The van der Waals surface area contributed by atoms with Gasteiger partial charge in [-0.05, 0) is 37.3 Å². The Morgan fingerprint density at radius 2 is 1.86 bits per heavy atom. The molecule has 2 aromatic carbocycles. The molecule has 0 amide bonds. The van der Waals surface area contributed by atoms with Crippen LogP contribution in [-0.2, 0) is 0 Å². The fourth-order valence-corrected chi connectivity index (χ4v) is 1.65. The smallest absolute Gasteiger partial charge is 0.216 e. The van der Waals surface area contributed by atoms with Crippen LogP contribution in [0.4, 0.5) is 14.5 Å². The minimum absolute atomic E-state index is 0.0396. The SMILES string of the molecule is Cc1c(N)ccc(O)c1F.Oc1ccc2n[nH]c(F)c2c1. The van der Waals surface area contributed by atoms with Gasteiger partial charge in [-0.25, -0.2) is 4.39 Å². The van der Waals surface area contributed by atoms with Gasteiger partial charge in [-0.2, -0.15) is 9.49 Å². The summed E-state index contributed by atoms with van der Waals surface area (Å²) in [5.41, 5.74) is 6.50. The quantitative estimate of drug-likeness (QED) is 0.378. The number of nitrogen functional groups attached to an aromatic ring is 1. The van der Waals surface area contributed by atoms with Gasteiger partial charge in [-0.1, -0.05) is 0 Å². The Morgan fingerprint density at radius 3 is 2.52 bits per heavy atom. The van der Waals surface area contributed by atoms with Crippen LogP contribution in [0.15, 0.2) is 30.3 Å². The van der Waals surface area contributed by atoms with Crippen molar-refractivity contribution in [2.75, 3.05) is 5.73 Å². The Morgan fingerprint density at radius 1 is 1.14 bits per heavy atom. The van der Waals surface area contributed by atoms with Crippen LogP contribution in [0.1, 0.15) is 5.56 Å². The molecule has 0 aliphatic carbocycles. The Kier molecular flexibility index (Phi) is 3.93. The molecule has 0 aliphatic rings. The van der Waals surface area contributed by atoms with Gasteiger partial charge in [0.25, 0.3) is 0 Å². The molecular formula is C14H13F2N3O2. The second-order valence-corrected chi connectivity index (χ2v) is 4.35. The molecule has 1 aromatic heterocycles. The van der Waals surface area contributed by atoms with Crippen LogP contribution < -0.4 is 5.73 Å². The number of benzene rings is 2. The molecule has 7 heteroatoms. The third-order valence-electron chi connectivity index (χ3n) is 2.90. The predicted octanol–water partition coefficient (Wildman–Crippen LogP) is 2.83. The van der Waals surface area contributed by atoms with E-state index in [1.54, 1.807) is 6.07 Å². The summed E-state index contributed by atoms with van der Waals surface area (Å²) in [6.07, 6.45) is 0. The first-order valence-electron chi connectivity index (χ1n) is 5.96. The van der Waals surface area contributed by atoms with Gasteiger partial charge in [0.05, 0.1) is 10.9 Å². The van der Waals surface area contributed by atoms with E-state index in [4.69, 9.17) is 15.9 Å². The van der Waals surface area contributed by atoms with Gasteiger partial charge in [-0.3, -0.25) is 5.10 Å². The van der Waals surface area contributed by atoms with Crippen LogP contribution in [0.5, 0.6) is 11.5 Å². The Labute approximate surface area is 118 Å². The predicted molar refractivity (Wildman–Crippen MR) is 74.9 cm³/mol. The van der Waals surface area contributed by atoms with Crippen LogP contribution in [0, 0.1) is 18.7 Å². The zero-order chi connectivity index (χ0) is 15.6.